The molecule has 3 N–H and O–H groups in total. The summed E-state index contributed by atoms with van der Waals surface area (Å²) in [5, 5.41) is 13.4. The number of carboxylic acid groups (broad SMARTS) is 1. The lowest BCUT2D eigenvalue weighted by atomic mass is 10.0. The molecule has 1 fully saturated rings. The number of amides is 1. The van der Waals surface area contributed by atoms with Crippen LogP contribution in [0, 0.1) is 0 Å². The van der Waals surface area contributed by atoms with Crippen LogP contribution in [-0.4, -0.2) is 41.1 Å². The molecule has 6 nitrogen and oxygen atoms in total. The van der Waals surface area contributed by atoms with Crippen LogP contribution in [0.5, 0.6) is 0 Å². The zero-order chi connectivity index (χ0) is 20.2. The molecule has 29 heavy (non-hydrogen) atoms. The molecule has 1 saturated heterocycles. The van der Waals surface area contributed by atoms with Gasteiger partial charge in [-0.05, 0) is 55.2 Å². The van der Waals surface area contributed by atoms with E-state index >= 15 is 0 Å². The van der Waals surface area contributed by atoms with Crippen LogP contribution in [0.4, 0.5) is 5.69 Å². The van der Waals surface area contributed by atoms with E-state index in [9.17, 15) is 9.59 Å². The number of carbonyl (C=O) groups is 2. The van der Waals surface area contributed by atoms with Gasteiger partial charge in [0, 0.05) is 48.3 Å². The van der Waals surface area contributed by atoms with E-state index in [0.29, 0.717) is 12.0 Å². The topological polar surface area (TPSA) is 85.4 Å². The third-order valence-electron chi connectivity index (χ3n) is 5.64. The first-order valence-corrected chi connectivity index (χ1v) is 10.0. The molecule has 1 aromatic heterocycles. The number of nitrogens with one attached hydrogen (secondary N) is 2. The average molecular weight is 391 g/mol. The number of anilines is 1. The molecule has 0 unspecified atom stereocenters. The van der Waals surface area contributed by atoms with E-state index in [1.165, 1.54) is 10.9 Å². The van der Waals surface area contributed by atoms with Crippen molar-refractivity contribution in [3.05, 3.63) is 65.9 Å². The quantitative estimate of drug-likeness (QED) is 0.600. The molecular weight excluding hydrogens is 366 g/mol. The van der Waals surface area contributed by atoms with Crippen LogP contribution in [0.15, 0.2) is 54.7 Å². The van der Waals surface area contributed by atoms with E-state index < -0.39 is 5.97 Å². The second-order valence-corrected chi connectivity index (χ2v) is 7.54. The number of fused-ring (bicyclic) bond motifs is 1. The number of hydrogen-bond donors (Lipinski definition) is 3. The zero-order valence-corrected chi connectivity index (χ0v) is 16.2. The first-order valence-electron chi connectivity index (χ1n) is 10.0. The second-order valence-electron chi connectivity index (χ2n) is 7.54. The van der Waals surface area contributed by atoms with Gasteiger partial charge in [0.05, 0.1) is 5.56 Å². The number of piperidine rings is 1. The summed E-state index contributed by atoms with van der Waals surface area (Å²) in [5.74, 6) is -0.815. The smallest absolute Gasteiger partial charge is 0.335 e. The number of aryl methyl sites for hydroxylation is 1. The molecule has 150 valence electrons. The van der Waals surface area contributed by atoms with Gasteiger partial charge in [-0.3, -0.25) is 4.79 Å². The van der Waals surface area contributed by atoms with Gasteiger partial charge in [-0.2, -0.15) is 0 Å². The molecule has 0 saturated carbocycles. The van der Waals surface area contributed by atoms with Gasteiger partial charge in [0.25, 0.3) is 0 Å². The highest BCUT2D eigenvalue weighted by Gasteiger charge is 2.21. The Balaban J connectivity index is 1.25. The van der Waals surface area contributed by atoms with Gasteiger partial charge in [0.15, 0.2) is 0 Å². The number of nitrogens with zero attached hydrogens (tertiary/aromatic N) is 1. The fourth-order valence-corrected chi connectivity index (χ4v) is 3.98. The van der Waals surface area contributed by atoms with Crippen LogP contribution in [0.25, 0.3) is 10.9 Å². The molecule has 1 aliphatic rings. The van der Waals surface area contributed by atoms with Gasteiger partial charge in [-0.15, -0.1) is 0 Å². The lowest BCUT2D eigenvalue weighted by molar-refractivity contribution is -0.121. The van der Waals surface area contributed by atoms with E-state index in [4.69, 9.17) is 5.11 Å². The van der Waals surface area contributed by atoms with Gasteiger partial charge < -0.3 is 20.3 Å². The Labute approximate surface area is 169 Å². The number of carbonyl (C=O) groups excluding carboxylic acids is 1. The Morgan fingerprint density at radius 2 is 1.79 bits per heavy atom. The van der Waals surface area contributed by atoms with Gasteiger partial charge in [-0.25, -0.2) is 4.79 Å². The fraction of sp³-hybridized carbons (Fsp3) is 0.304. The van der Waals surface area contributed by atoms with Crippen molar-refractivity contribution < 1.29 is 14.7 Å². The maximum atomic E-state index is 12.4. The summed E-state index contributed by atoms with van der Waals surface area (Å²) in [6, 6.07) is 15.3. The highest BCUT2D eigenvalue weighted by Crippen LogP contribution is 2.21. The van der Waals surface area contributed by atoms with Crippen molar-refractivity contribution in [3.63, 3.8) is 0 Å². The molecule has 6 heteroatoms. The number of aromatic amines is 1. The summed E-state index contributed by atoms with van der Waals surface area (Å²) in [6.07, 6.45) is 4.98. The van der Waals surface area contributed by atoms with Gasteiger partial charge in [0.1, 0.15) is 0 Å². The van der Waals surface area contributed by atoms with Gasteiger partial charge in [-0.1, -0.05) is 18.2 Å². The van der Waals surface area contributed by atoms with E-state index in [0.717, 1.165) is 43.6 Å². The molecule has 1 amide bonds. The third-order valence-corrected chi connectivity index (χ3v) is 5.64. The van der Waals surface area contributed by atoms with Crippen molar-refractivity contribution >= 4 is 28.5 Å². The largest absolute Gasteiger partial charge is 0.478 e. The van der Waals surface area contributed by atoms with Gasteiger partial charge in [0.2, 0.25) is 5.91 Å². The zero-order valence-electron chi connectivity index (χ0n) is 16.2. The van der Waals surface area contributed by atoms with Crippen molar-refractivity contribution in [2.75, 3.05) is 18.0 Å². The highest BCUT2D eigenvalue weighted by molar-refractivity contribution is 5.88. The maximum Gasteiger partial charge on any atom is 0.335 e. The molecule has 0 spiro atoms. The first-order chi connectivity index (χ1) is 14.1. The van der Waals surface area contributed by atoms with E-state index in [1.54, 1.807) is 12.1 Å². The van der Waals surface area contributed by atoms with Crippen molar-refractivity contribution in [2.24, 2.45) is 0 Å². The summed E-state index contributed by atoms with van der Waals surface area (Å²) in [4.78, 5) is 28.9. The SMILES string of the molecule is O=C(CCc1c[nH]c2ccccc12)NC1CCN(c2ccc(C(=O)O)cc2)CC1. The maximum absolute atomic E-state index is 12.4. The molecular formula is C23H25N3O3. The number of benzene rings is 2. The molecule has 0 bridgehead atoms. The van der Waals surface area contributed by atoms with Crippen LogP contribution in [0.1, 0.15) is 35.2 Å². The average Bonchev–Trinajstić information content (AvgIpc) is 3.16. The first kappa shape index (κ1) is 19.1. The molecule has 0 aliphatic carbocycles. The minimum atomic E-state index is -0.911. The van der Waals surface area contributed by atoms with Crippen molar-refractivity contribution in [2.45, 2.75) is 31.7 Å². The van der Waals surface area contributed by atoms with E-state index in [1.807, 2.05) is 36.5 Å². The number of hydrogen-bond acceptors (Lipinski definition) is 3. The molecule has 3 aromatic rings. The number of aromatic carboxylic acids is 1. The summed E-state index contributed by atoms with van der Waals surface area (Å²) >= 11 is 0. The van der Waals surface area contributed by atoms with Crippen molar-refractivity contribution in [1.82, 2.24) is 10.3 Å². The third kappa shape index (κ3) is 4.42. The molecule has 2 aromatic carbocycles. The van der Waals surface area contributed by atoms with Crippen molar-refractivity contribution in [3.8, 4) is 0 Å². The number of para-hydroxylation sites is 1. The lowest BCUT2D eigenvalue weighted by Gasteiger charge is -2.34. The summed E-state index contributed by atoms with van der Waals surface area (Å²) in [7, 11) is 0. The molecule has 0 radical (unpaired) electrons. The monoisotopic (exact) mass is 391 g/mol. The summed E-state index contributed by atoms with van der Waals surface area (Å²) < 4.78 is 0. The number of rotatable bonds is 6. The van der Waals surface area contributed by atoms with Crippen LogP contribution < -0.4 is 10.2 Å². The van der Waals surface area contributed by atoms with Crippen molar-refractivity contribution in [1.29, 1.82) is 0 Å². The highest BCUT2D eigenvalue weighted by atomic mass is 16.4. The minimum absolute atomic E-state index is 0.0968. The van der Waals surface area contributed by atoms with E-state index in [-0.39, 0.29) is 11.9 Å². The van der Waals surface area contributed by atoms with Crippen LogP contribution in [-0.2, 0) is 11.2 Å². The Bertz CT molecular complexity index is 1000. The summed E-state index contributed by atoms with van der Waals surface area (Å²) in [5.41, 5.74) is 3.60. The van der Waals surface area contributed by atoms with E-state index in [2.05, 4.69) is 21.3 Å². The molecule has 1 aliphatic heterocycles. The Kier molecular flexibility index (Phi) is 5.51. The number of aromatic nitrogens is 1. The predicted molar refractivity (Wildman–Crippen MR) is 113 cm³/mol. The molecule has 4 rings (SSSR count). The number of H-pyrrole nitrogens is 1. The predicted octanol–water partition coefficient (Wildman–Crippen LogP) is 3.58. The van der Waals surface area contributed by atoms with Crippen LogP contribution in [0.2, 0.25) is 0 Å². The van der Waals surface area contributed by atoms with Gasteiger partial charge >= 0.3 is 5.97 Å². The fourth-order valence-electron chi connectivity index (χ4n) is 3.98. The standard InChI is InChI=1S/C23H25N3O3/c27-22(10-7-17-15-24-21-4-2-1-3-20(17)21)25-18-11-13-26(14-12-18)19-8-5-16(6-9-19)23(28)29/h1-6,8-9,15,18,24H,7,10-14H2,(H,25,27)(H,28,29). The Hall–Kier alpha value is -3.28. The van der Waals surface area contributed by atoms with Crippen LogP contribution in [0.3, 0.4) is 0 Å². The normalized spacial score (nSPS) is 14.8. The Morgan fingerprint density at radius 3 is 2.52 bits per heavy atom. The minimum Gasteiger partial charge on any atom is -0.478 e. The summed E-state index contributed by atoms with van der Waals surface area (Å²) in [6.45, 7) is 1.69. The molecule has 0 atom stereocenters. The second kappa shape index (κ2) is 8.39. The lowest BCUT2D eigenvalue weighted by Crippen LogP contribution is -2.44. The number of carboxylic acids is 1. The van der Waals surface area contributed by atoms with Crippen LogP contribution >= 0.6 is 0 Å². The molecule has 2 heterocycles. The Morgan fingerprint density at radius 1 is 1.07 bits per heavy atom.